The van der Waals surface area contributed by atoms with Gasteiger partial charge in [0.1, 0.15) is 0 Å². The van der Waals surface area contributed by atoms with E-state index in [1.807, 2.05) is 0 Å². The van der Waals surface area contributed by atoms with Crippen LogP contribution in [0.25, 0.3) is 0 Å². The summed E-state index contributed by atoms with van der Waals surface area (Å²) >= 11 is 0. The van der Waals surface area contributed by atoms with Crippen molar-refractivity contribution in [3.05, 3.63) is 0 Å². The van der Waals surface area contributed by atoms with Crippen LogP contribution in [0.4, 0.5) is 4.79 Å². The van der Waals surface area contributed by atoms with E-state index in [1.54, 1.807) is 6.92 Å². The Kier molecular flexibility index (Phi) is 6.81. The van der Waals surface area contributed by atoms with Gasteiger partial charge in [0.05, 0.1) is 12.5 Å². The number of aliphatic carboxylic acids is 1. The van der Waals surface area contributed by atoms with Crippen molar-refractivity contribution in [1.82, 2.24) is 10.6 Å². The molecule has 0 rings (SSSR count). The molecule has 84 valence electrons. The number of nitrogens with one attached hydrogen (secondary N) is 2. The van der Waals surface area contributed by atoms with Gasteiger partial charge < -0.3 is 15.7 Å². The van der Waals surface area contributed by atoms with E-state index >= 15 is 0 Å². The average molecular weight is 212 g/mol. The molecule has 0 aliphatic heterocycles. The number of rotatable bonds is 6. The van der Waals surface area contributed by atoms with Crippen molar-refractivity contribution in [2.75, 3.05) is 13.1 Å². The summed E-state index contributed by atoms with van der Waals surface area (Å²) in [4.78, 5) is 21.4. The van der Waals surface area contributed by atoms with Gasteiger partial charge in [-0.1, -0.05) is 12.8 Å². The molecule has 0 spiro atoms. The second-order valence-corrected chi connectivity index (χ2v) is 3.20. The maximum absolute atomic E-state index is 10.9. The molecular weight excluding hydrogens is 196 g/mol. The fourth-order valence-electron chi connectivity index (χ4n) is 0.927. The number of hydrogen-bond donors (Lipinski definition) is 3. The minimum absolute atomic E-state index is 0.192. The normalized spacial score (nSPS) is 11.2. The Morgan fingerprint density at radius 3 is 2.67 bits per heavy atom. The van der Waals surface area contributed by atoms with Gasteiger partial charge in [-0.15, -0.1) is 6.42 Å². The van der Waals surface area contributed by atoms with Gasteiger partial charge in [-0.2, -0.15) is 0 Å². The number of hydrogen-bond acceptors (Lipinski definition) is 2. The van der Waals surface area contributed by atoms with Gasteiger partial charge in [-0.25, -0.2) is 4.79 Å². The summed E-state index contributed by atoms with van der Waals surface area (Å²) in [5, 5.41) is 13.6. The van der Waals surface area contributed by atoms with Gasteiger partial charge >= 0.3 is 12.0 Å². The zero-order valence-corrected chi connectivity index (χ0v) is 8.75. The Hall–Kier alpha value is -1.70. The lowest BCUT2D eigenvalue weighted by Crippen LogP contribution is -2.36. The smallest absolute Gasteiger partial charge is 0.315 e. The zero-order chi connectivity index (χ0) is 11.7. The second kappa shape index (κ2) is 7.68. The average Bonchev–Trinajstić information content (AvgIpc) is 2.20. The molecule has 15 heavy (non-hydrogen) atoms. The molecule has 0 heterocycles. The largest absolute Gasteiger partial charge is 0.481 e. The highest BCUT2D eigenvalue weighted by Gasteiger charge is 2.09. The molecule has 5 heteroatoms. The second-order valence-electron chi connectivity index (χ2n) is 3.20. The number of carbonyl (C=O) groups is 2. The number of terminal acetylenes is 1. The Bertz CT molecular complexity index is 258. The number of carboxylic acids is 1. The fraction of sp³-hybridized carbons (Fsp3) is 0.600. The molecule has 1 atom stereocenters. The highest BCUT2D eigenvalue weighted by atomic mass is 16.4. The predicted octanol–water partition coefficient (Wildman–Crippen LogP) is 0.420. The molecule has 0 aromatic heterocycles. The van der Waals surface area contributed by atoms with E-state index in [2.05, 4.69) is 16.6 Å². The Balaban J connectivity index is 3.43. The van der Waals surface area contributed by atoms with E-state index in [4.69, 9.17) is 11.5 Å². The quantitative estimate of drug-likeness (QED) is 0.441. The summed E-state index contributed by atoms with van der Waals surface area (Å²) in [6, 6.07) is -0.323. The topological polar surface area (TPSA) is 78.4 Å². The predicted molar refractivity (Wildman–Crippen MR) is 56.3 cm³/mol. The first-order valence-electron chi connectivity index (χ1n) is 4.76. The highest BCUT2D eigenvalue weighted by molar-refractivity contribution is 5.74. The first kappa shape index (κ1) is 13.3. The maximum Gasteiger partial charge on any atom is 0.315 e. The summed E-state index contributed by atoms with van der Waals surface area (Å²) < 4.78 is 0. The van der Waals surface area contributed by atoms with E-state index < -0.39 is 5.97 Å². The van der Waals surface area contributed by atoms with Crippen molar-refractivity contribution < 1.29 is 14.7 Å². The first-order valence-corrected chi connectivity index (χ1v) is 4.76. The van der Waals surface area contributed by atoms with Crippen molar-refractivity contribution >= 4 is 12.0 Å². The van der Waals surface area contributed by atoms with Gasteiger partial charge in [-0.05, 0) is 12.8 Å². The monoisotopic (exact) mass is 212 g/mol. The minimum atomic E-state index is -0.813. The van der Waals surface area contributed by atoms with Gasteiger partial charge in [0.25, 0.3) is 0 Å². The number of amides is 2. The van der Waals surface area contributed by atoms with Crippen molar-refractivity contribution in [2.24, 2.45) is 5.92 Å². The lowest BCUT2D eigenvalue weighted by molar-refractivity contribution is -0.141. The molecule has 3 N–H and O–H groups in total. The van der Waals surface area contributed by atoms with E-state index in [1.165, 1.54) is 0 Å². The van der Waals surface area contributed by atoms with E-state index in [0.717, 1.165) is 0 Å². The molecule has 0 fully saturated rings. The van der Waals surface area contributed by atoms with Gasteiger partial charge in [0.15, 0.2) is 0 Å². The summed E-state index contributed by atoms with van der Waals surface area (Å²) in [7, 11) is 0. The fourth-order valence-corrected chi connectivity index (χ4v) is 0.927. The number of urea groups is 1. The molecule has 0 aromatic rings. The molecule has 1 unspecified atom stereocenters. The highest BCUT2D eigenvalue weighted by Crippen LogP contribution is 2.03. The lowest BCUT2D eigenvalue weighted by atomic mass is 10.1. The first-order chi connectivity index (χ1) is 7.07. The lowest BCUT2D eigenvalue weighted by Gasteiger charge is -2.07. The molecule has 0 aliphatic carbocycles. The van der Waals surface area contributed by atoms with Gasteiger partial charge in [-0.3, -0.25) is 4.79 Å². The number of carbonyl (C=O) groups excluding carboxylic acids is 1. The van der Waals surface area contributed by atoms with Crippen LogP contribution in [0, 0.1) is 18.3 Å². The minimum Gasteiger partial charge on any atom is -0.481 e. The molecule has 0 aromatic carbocycles. The standard InChI is InChI=1S/C10H16N2O3/c1-3-6-11-10(15)12-7-4-5-8(2)9(13)14/h1,8H,4-7H2,2H3,(H,13,14)(H2,11,12,15). The molecule has 0 radical (unpaired) electrons. The summed E-state index contributed by atoms with van der Waals surface area (Å²) in [6.45, 7) is 2.28. The molecule has 0 saturated carbocycles. The summed E-state index contributed by atoms with van der Waals surface area (Å²) in [5.74, 6) is 1.08. The van der Waals surface area contributed by atoms with Gasteiger partial charge in [0.2, 0.25) is 0 Å². The van der Waals surface area contributed by atoms with Crippen molar-refractivity contribution in [3.8, 4) is 12.3 Å². The van der Waals surface area contributed by atoms with Crippen LogP contribution in [0.1, 0.15) is 19.8 Å². The Labute approximate surface area is 89.2 Å². The third-order valence-corrected chi connectivity index (χ3v) is 1.87. The SMILES string of the molecule is C#CCNC(=O)NCCCC(C)C(=O)O. The van der Waals surface area contributed by atoms with Crippen molar-refractivity contribution in [1.29, 1.82) is 0 Å². The third-order valence-electron chi connectivity index (χ3n) is 1.87. The van der Waals surface area contributed by atoms with Crippen LogP contribution < -0.4 is 10.6 Å². The van der Waals surface area contributed by atoms with Crippen molar-refractivity contribution in [3.63, 3.8) is 0 Å². The van der Waals surface area contributed by atoms with Crippen LogP contribution in [-0.2, 0) is 4.79 Å². The van der Waals surface area contributed by atoms with E-state index in [0.29, 0.717) is 19.4 Å². The van der Waals surface area contributed by atoms with E-state index in [-0.39, 0.29) is 18.5 Å². The number of carboxylic acid groups (broad SMARTS) is 1. The van der Waals surface area contributed by atoms with Crippen LogP contribution in [-0.4, -0.2) is 30.2 Å². The molecule has 0 saturated heterocycles. The van der Waals surface area contributed by atoms with E-state index in [9.17, 15) is 9.59 Å². The van der Waals surface area contributed by atoms with Crippen LogP contribution >= 0.6 is 0 Å². The van der Waals surface area contributed by atoms with Gasteiger partial charge in [0, 0.05) is 6.54 Å². The summed E-state index contributed by atoms with van der Waals surface area (Å²) in [5.41, 5.74) is 0. The zero-order valence-electron chi connectivity index (χ0n) is 8.75. The Morgan fingerprint density at radius 2 is 2.13 bits per heavy atom. The van der Waals surface area contributed by atoms with Crippen LogP contribution in [0.3, 0.4) is 0 Å². The molecule has 0 aliphatic rings. The molecular formula is C10H16N2O3. The maximum atomic E-state index is 10.9. The Morgan fingerprint density at radius 1 is 1.47 bits per heavy atom. The molecule has 2 amide bonds. The molecule has 5 nitrogen and oxygen atoms in total. The molecule has 0 bridgehead atoms. The van der Waals surface area contributed by atoms with Crippen molar-refractivity contribution in [2.45, 2.75) is 19.8 Å². The third kappa shape index (κ3) is 7.38. The summed E-state index contributed by atoms with van der Waals surface area (Å²) in [6.07, 6.45) is 6.13. The van der Waals surface area contributed by atoms with Crippen LogP contribution in [0.5, 0.6) is 0 Å². The van der Waals surface area contributed by atoms with Crippen LogP contribution in [0.2, 0.25) is 0 Å². The van der Waals surface area contributed by atoms with Crippen LogP contribution in [0.15, 0.2) is 0 Å².